The molecule has 0 radical (unpaired) electrons. The standard InChI is InChI=1S/C29H33N3O7/c1-2-3-4-6-9-21-12-14-23(15-13-21)27(33)37-20-26-36-19-25(39-26)32-17-16-24(30-28(32)34)31-29(35)38-18-22-10-7-5-8-11-22/h5,7-8,10-17,25-26H,2-4,6,9,18-20H2,1H3,(H,30,31,34,35)/t25-,26-/m0/s1. The van der Waals surface area contributed by atoms with Crippen molar-refractivity contribution in [1.29, 1.82) is 0 Å². The number of rotatable bonds is 12. The Labute approximate surface area is 226 Å². The number of ether oxygens (including phenoxy) is 4. The number of nitrogens with one attached hydrogen (secondary N) is 1. The summed E-state index contributed by atoms with van der Waals surface area (Å²) in [6, 6.07) is 18.1. The number of carbonyl (C=O) groups is 2. The van der Waals surface area contributed by atoms with E-state index in [1.54, 1.807) is 12.1 Å². The van der Waals surface area contributed by atoms with E-state index in [1.165, 1.54) is 41.7 Å². The minimum absolute atomic E-state index is 0.0469. The lowest BCUT2D eigenvalue weighted by Crippen LogP contribution is -2.29. The maximum absolute atomic E-state index is 12.5. The van der Waals surface area contributed by atoms with Crippen LogP contribution in [0.15, 0.2) is 71.7 Å². The van der Waals surface area contributed by atoms with Crippen molar-refractivity contribution in [3.05, 3.63) is 94.0 Å². The lowest BCUT2D eigenvalue weighted by molar-refractivity contribution is -0.103. The van der Waals surface area contributed by atoms with Gasteiger partial charge in [0.25, 0.3) is 0 Å². The van der Waals surface area contributed by atoms with Crippen LogP contribution in [0.1, 0.15) is 60.3 Å². The molecule has 0 unspecified atom stereocenters. The predicted molar refractivity (Wildman–Crippen MR) is 143 cm³/mol. The average Bonchev–Trinajstić information content (AvgIpc) is 3.42. The van der Waals surface area contributed by atoms with Gasteiger partial charge in [-0.3, -0.25) is 9.88 Å². The number of anilines is 1. The molecule has 39 heavy (non-hydrogen) atoms. The van der Waals surface area contributed by atoms with Crippen molar-refractivity contribution in [3.63, 3.8) is 0 Å². The number of benzene rings is 2. The Morgan fingerprint density at radius 3 is 2.54 bits per heavy atom. The SMILES string of the molecule is CCCCCCc1ccc(C(=O)OC[C@H]2OC[C@@H](n3ccc(NC(=O)OCc4ccccc4)nc3=O)O2)cc1. The molecule has 0 aliphatic carbocycles. The maximum atomic E-state index is 12.5. The zero-order valence-corrected chi connectivity index (χ0v) is 21.9. The summed E-state index contributed by atoms with van der Waals surface area (Å²) in [4.78, 5) is 40.8. The molecule has 2 aromatic carbocycles. The summed E-state index contributed by atoms with van der Waals surface area (Å²) < 4.78 is 23.0. The Morgan fingerprint density at radius 1 is 1.00 bits per heavy atom. The molecule has 206 valence electrons. The van der Waals surface area contributed by atoms with E-state index in [2.05, 4.69) is 17.2 Å². The van der Waals surface area contributed by atoms with Gasteiger partial charge in [0, 0.05) is 6.20 Å². The van der Waals surface area contributed by atoms with Crippen LogP contribution in [-0.2, 0) is 32.0 Å². The third-order valence-electron chi connectivity index (χ3n) is 6.18. The zero-order chi connectivity index (χ0) is 27.5. The summed E-state index contributed by atoms with van der Waals surface area (Å²) in [7, 11) is 0. The van der Waals surface area contributed by atoms with Gasteiger partial charge in [0.2, 0.25) is 0 Å². The molecule has 1 saturated heterocycles. The van der Waals surface area contributed by atoms with Gasteiger partial charge in [-0.05, 0) is 42.2 Å². The number of esters is 1. The Bertz CT molecular complexity index is 1280. The van der Waals surface area contributed by atoms with Crippen molar-refractivity contribution in [2.24, 2.45) is 0 Å². The maximum Gasteiger partial charge on any atom is 0.413 e. The fraction of sp³-hybridized carbons (Fsp3) is 0.379. The van der Waals surface area contributed by atoms with Crippen molar-refractivity contribution in [2.45, 2.75) is 58.2 Å². The second kappa shape index (κ2) is 14.2. The van der Waals surface area contributed by atoms with Gasteiger partial charge in [0.15, 0.2) is 12.5 Å². The number of carbonyl (C=O) groups excluding carboxylic acids is 2. The fourth-order valence-electron chi connectivity index (χ4n) is 4.03. The van der Waals surface area contributed by atoms with E-state index < -0.39 is 30.3 Å². The van der Waals surface area contributed by atoms with Crippen molar-refractivity contribution in [1.82, 2.24) is 9.55 Å². The number of amides is 1. The molecule has 10 heteroatoms. The summed E-state index contributed by atoms with van der Waals surface area (Å²) in [5, 5.41) is 2.43. The first-order chi connectivity index (χ1) is 19.0. The van der Waals surface area contributed by atoms with Gasteiger partial charge in [-0.25, -0.2) is 14.4 Å². The summed E-state index contributed by atoms with van der Waals surface area (Å²) in [6.45, 7) is 2.23. The summed E-state index contributed by atoms with van der Waals surface area (Å²) in [5.74, 6) is -0.428. The topological polar surface area (TPSA) is 118 Å². The van der Waals surface area contributed by atoms with Crippen molar-refractivity contribution < 1.29 is 28.5 Å². The second-order valence-electron chi connectivity index (χ2n) is 9.15. The molecule has 1 aliphatic rings. The third-order valence-corrected chi connectivity index (χ3v) is 6.18. The first kappa shape index (κ1) is 28.0. The van der Waals surface area contributed by atoms with Crippen LogP contribution in [0.3, 0.4) is 0 Å². The third kappa shape index (κ3) is 8.49. The predicted octanol–water partition coefficient (Wildman–Crippen LogP) is 4.84. The Hall–Kier alpha value is -4.02. The molecular weight excluding hydrogens is 502 g/mol. The monoisotopic (exact) mass is 535 g/mol. The van der Waals surface area contributed by atoms with Crippen LogP contribution < -0.4 is 11.0 Å². The number of aromatic nitrogens is 2. The first-order valence-corrected chi connectivity index (χ1v) is 13.1. The van der Waals surface area contributed by atoms with E-state index in [-0.39, 0.29) is 25.6 Å². The summed E-state index contributed by atoms with van der Waals surface area (Å²) in [5.41, 5.74) is 1.84. The minimum Gasteiger partial charge on any atom is -0.457 e. The highest BCUT2D eigenvalue weighted by atomic mass is 16.7. The molecular formula is C29H33N3O7. The van der Waals surface area contributed by atoms with E-state index in [9.17, 15) is 14.4 Å². The Balaban J connectivity index is 1.21. The number of hydrogen-bond acceptors (Lipinski definition) is 8. The molecule has 0 bridgehead atoms. The normalized spacial score (nSPS) is 16.5. The molecule has 10 nitrogen and oxygen atoms in total. The largest absolute Gasteiger partial charge is 0.457 e. The molecule has 1 N–H and O–H groups in total. The minimum atomic E-state index is -0.825. The number of aryl methyl sites for hydroxylation is 1. The number of nitrogens with zero attached hydrogens (tertiary/aromatic N) is 2. The molecule has 1 aliphatic heterocycles. The van der Waals surface area contributed by atoms with Crippen LogP contribution in [0.2, 0.25) is 0 Å². The van der Waals surface area contributed by atoms with Crippen molar-refractivity contribution in [3.8, 4) is 0 Å². The Morgan fingerprint density at radius 2 is 1.79 bits per heavy atom. The van der Waals surface area contributed by atoms with Gasteiger partial charge in [-0.15, -0.1) is 0 Å². The van der Waals surface area contributed by atoms with Crippen molar-refractivity contribution in [2.75, 3.05) is 18.5 Å². The van der Waals surface area contributed by atoms with Gasteiger partial charge in [0.1, 0.15) is 19.0 Å². The van der Waals surface area contributed by atoms with Gasteiger partial charge in [0.05, 0.1) is 12.2 Å². The van der Waals surface area contributed by atoms with Gasteiger partial charge in [-0.2, -0.15) is 4.98 Å². The highest BCUT2D eigenvalue weighted by Crippen LogP contribution is 2.20. The smallest absolute Gasteiger partial charge is 0.413 e. The average molecular weight is 536 g/mol. The molecule has 1 fully saturated rings. The molecule has 3 aromatic rings. The number of unbranched alkanes of at least 4 members (excludes halogenated alkanes) is 3. The zero-order valence-electron chi connectivity index (χ0n) is 21.9. The van der Waals surface area contributed by atoms with E-state index in [0.717, 1.165) is 18.4 Å². The fourth-order valence-corrected chi connectivity index (χ4v) is 4.03. The van der Waals surface area contributed by atoms with Crippen molar-refractivity contribution >= 4 is 17.9 Å². The molecule has 4 rings (SSSR count). The van der Waals surface area contributed by atoms with Gasteiger partial charge in [-0.1, -0.05) is 68.7 Å². The van der Waals surface area contributed by atoms with Crippen LogP contribution in [0, 0.1) is 0 Å². The van der Waals surface area contributed by atoms with E-state index in [1.807, 2.05) is 42.5 Å². The Kier molecular flexibility index (Phi) is 10.2. The number of hydrogen-bond donors (Lipinski definition) is 1. The lowest BCUT2D eigenvalue weighted by atomic mass is 10.0. The van der Waals surface area contributed by atoms with Crippen LogP contribution in [-0.4, -0.2) is 41.1 Å². The molecule has 1 amide bonds. The molecule has 2 heterocycles. The van der Waals surface area contributed by atoms with Gasteiger partial charge < -0.3 is 18.9 Å². The van der Waals surface area contributed by atoms with E-state index in [0.29, 0.717) is 5.56 Å². The lowest BCUT2D eigenvalue weighted by Gasteiger charge is -2.14. The van der Waals surface area contributed by atoms with E-state index >= 15 is 0 Å². The van der Waals surface area contributed by atoms with Gasteiger partial charge >= 0.3 is 17.8 Å². The summed E-state index contributed by atoms with van der Waals surface area (Å²) >= 11 is 0. The first-order valence-electron chi connectivity index (χ1n) is 13.1. The summed E-state index contributed by atoms with van der Waals surface area (Å²) in [6.07, 6.45) is 4.89. The molecule has 0 saturated carbocycles. The molecule has 2 atom stereocenters. The van der Waals surface area contributed by atoms with Crippen LogP contribution >= 0.6 is 0 Å². The molecule has 1 aromatic heterocycles. The van der Waals surface area contributed by atoms with Crippen LogP contribution in [0.5, 0.6) is 0 Å². The van der Waals surface area contributed by atoms with Crippen LogP contribution in [0.25, 0.3) is 0 Å². The van der Waals surface area contributed by atoms with E-state index in [4.69, 9.17) is 18.9 Å². The highest BCUT2D eigenvalue weighted by Gasteiger charge is 2.29. The quantitative estimate of drug-likeness (QED) is 0.259. The highest BCUT2D eigenvalue weighted by molar-refractivity contribution is 5.89. The second-order valence-corrected chi connectivity index (χ2v) is 9.15. The van der Waals surface area contributed by atoms with Crippen LogP contribution in [0.4, 0.5) is 10.6 Å². The molecule has 0 spiro atoms.